The molecule has 0 aliphatic carbocycles. The molecule has 0 amide bonds. The van der Waals surface area contributed by atoms with Crippen molar-refractivity contribution >= 4 is 23.0 Å². The summed E-state index contributed by atoms with van der Waals surface area (Å²) in [4.78, 5) is 11.6. The molecule has 168 valence electrons. The molecule has 7 nitrogen and oxygen atoms in total. The van der Waals surface area contributed by atoms with E-state index in [1.165, 1.54) is 23.5 Å². The summed E-state index contributed by atoms with van der Waals surface area (Å²) in [5.41, 5.74) is 2.17. The lowest BCUT2D eigenvalue weighted by Gasteiger charge is -2.31. The Morgan fingerprint density at radius 3 is 2.77 bits per heavy atom. The number of thiazole rings is 1. The lowest BCUT2D eigenvalue weighted by atomic mass is 9.97. The van der Waals surface area contributed by atoms with Gasteiger partial charge in [-0.2, -0.15) is 0 Å². The van der Waals surface area contributed by atoms with E-state index in [0.29, 0.717) is 19.1 Å². The Morgan fingerprint density at radius 2 is 2.03 bits per heavy atom. The predicted octanol–water partition coefficient (Wildman–Crippen LogP) is 3.77. The van der Waals surface area contributed by atoms with Crippen LogP contribution in [0.3, 0.4) is 0 Å². The lowest BCUT2D eigenvalue weighted by Crippen LogP contribution is -2.40. The average Bonchev–Trinajstić information content (AvgIpc) is 3.12. The average molecular weight is 444 g/mol. The Hall–Kier alpha value is -2.32. The second-order valence-electron chi connectivity index (χ2n) is 8.10. The van der Waals surface area contributed by atoms with Gasteiger partial charge in [0, 0.05) is 43.7 Å². The second kappa shape index (κ2) is 10.8. The first-order valence-electron chi connectivity index (χ1n) is 11.3. The largest absolute Gasteiger partial charge is 0.490 e. The molecule has 0 unspecified atom stereocenters. The van der Waals surface area contributed by atoms with Gasteiger partial charge in [-0.3, -0.25) is 9.89 Å². The lowest BCUT2D eigenvalue weighted by molar-refractivity contribution is 0.176. The van der Waals surface area contributed by atoms with Gasteiger partial charge in [0.25, 0.3) is 0 Å². The fourth-order valence-electron chi connectivity index (χ4n) is 3.96. The number of guanidine groups is 1. The maximum atomic E-state index is 5.79. The van der Waals surface area contributed by atoms with Crippen molar-refractivity contribution in [2.45, 2.75) is 39.2 Å². The van der Waals surface area contributed by atoms with E-state index in [0.717, 1.165) is 62.2 Å². The fraction of sp³-hybridized carbons (Fsp3) is 0.565. The van der Waals surface area contributed by atoms with Crippen molar-refractivity contribution in [3.8, 4) is 11.5 Å². The Morgan fingerprint density at radius 1 is 1.23 bits per heavy atom. The number of aromatic nitrogens is 1. The number of hydrogen-bond donors (Lipinski definition) is 2. The highest BCUT2D eigenvalue weighted by Gasteiger charge is 2.20. The van der Waals surface area contributed by atoms with Crippen molar-refractivity contribution in [3.05, 3.63) is 34.3 Å². The van der Waals surface area contributed by atoms with Gasteiger partial charge in [0.1, 0.15) is 0 Å². The third kappa shape index (κ3) is 6.11. The van der Waals surface area contributed by atoms with E-state index in [2.05, 4.69) is 32.8 Å². The zero-order valence-corrected chi connectivity index (χ0v) is 19.3. The number of nitrogens with zero attached hydrogens (tertiary/aromatic N) is 3. The van der Waals surface area contributed by atoms with Crippen molar-refractivity contribution in [2.75, 3.05) is 45.2 Å². The van der Waals surface area contributed by atoms with Gasteiger partial charge in [-0.15, -0.1) is 11.3 Å². The van der Waals surface area contributed by atoms with E-state index < -0.39 is 0 Å². The molecule has 2 N–H and O–H groups in total. The second-order valence-corrected chi connectivity index (χ2v) is 9.04. The van der Waals surface area contributed by atoms with Crippen LogP contribution in [-0.2, 0) is 13.0 Å². The van der Waals surface area contributed by atoms with Gasteiger partial charge < -0.3 is 20.1 Å². The molecule has 1 saturated heterocycles. The maximum Gasteiger partial charge on any atom is 0.195 e. The molecule has 1 aromatic carbocycles. The van der Waals surface area contributed by atoms with Gasteiger partial charge in [-0.1, -0.05) is 6.92 Å². The molecule has 4 rings (SSSR count). The molecule has 0 radical (unpaired) electrons. The first kappa shape index (κ1) is 21.9. The third-order valence-electron chi connectivity index (χ3n) is 5.79. The molecule has 1 aromatic heterocycles. The van der Waals surface area contributed by atoms with Gasteiger partial charge in [-0.05, 0) is 50.4 Å². The smallest absolute Gasteiger partial charge is 0.195 e. The third-order valence-corrected chi connectivity index (χ3v) is 6.83. The summed E-state index contributed by atoms with van der Waals surface area (Å²) in [5.74, 6) is 3.03. The summed E-state index contributed by atoms with van der Waals surface area (Å²) >= 11 is 1.78. The van der Waals surface area contributed by atoms with E-state index in [4.69, 9.17) is 14.5 Å². The van der Waals surface area contributed by atoms with Crippen molar-refractivity contribution in [3.63, 3.8) is 0 Å². The molecule has 31 heavy (non-hydrogen) atoms. The minimum atomic E-state index is 0.653. The molecule has 1 fully saturated rings. The summed E-state index contributed by atoms with van der Waals surface area (Å²) in [7, 11) is 1.80. The zero-order valence-electron chi connectivity index (χ0n) is 18.5. The topological polar surface area (TPSA) is 71.0 Å². The maximum absolute atomic E-state index is 5.79. The molecule has 3 heterocycles. The number of aliphatic imine (C=N–C) groups is 1. The van der Waals surface area contributed by atoms with Crippen molar-refractivity contribution in [1.29, 1.82) is 0 Å². The van der Waals surface area contributed by atoms with Crippen LogP contribution in [0, 0.1) is 5.92 Å². The highest BCUT2D eigenvalue weighted by Crippen LogP contribution is 2.32. The van der Waals surface area contributed by atoms with E-state index in [1.807, 2.05) is 18.2 Å². The minimum absolute atomic E-state index is 0.653. The van der Waals surface area contributed by atoms with Crippen molar-refractivity contribution < 1.29 is 9.47 Å². The van der Waals surface area contributed by atoms with Crippen molar-refractivity contribution in [2.24, 2.45) is 10.9 Å². The van der Waals surface area contributed by atoms with Crippen LogP contribution in [0.15, 0.2) is 28.6 Å². The Bertz CT molecular complexity index is 877. The molecule has 0 bridgehead atoms. The van der Waals surface area contributed by atoms with Gasteiger partial charge in [0.2, 0.25) is 0 Å². The Labute approximate surface area is 188 Å². The molecular formula is C23H33N5O2S. The first-order valence-corrected chi connectivity index (χ1v) is 12.1. The number of hydrogen-bond acceptors (Lipinski definition) is 6. The number of aryl methyl sites for hydroxylation is 1. The number of rotatable bonds is 6. The van der Waals surface area contributed by atoms with Crippen LogP contribution in [0.25, 0.3) is 0 Å². The number of likely N-dealkylation sites (tertiary alicyclic amines) is 1. The van der Waals surface area contributed by atoms with Gasteiger partial charge in [0.15, 0.2) is 17.5 Å². The van der Waals surface area contributed by atoms with Crippen LogP contribution in [0.5, 0.6) is 11.5 Å². The highest BCUT2D eigenvalue weighted by molar-refractivity contribution is 7.09. The molecule has 2 aliphatic heterocycles. The number of ether oxygens (including phenoxy) is 2. The minimum Gasteiger partial charge on any atom is -0.490 e. The normalized spacial score (nSPS) is 17.9. The Balaban J connectivity index is 1.22. The standard InChI is InChI=1S/C23H33N5O2S/c1-3-22-26-19(16-31-22)15-28-9-7-17(8-10-28)14-25-23(24-2)27-18-5-6-20-21(13-18)30-12-4-11-29-20/h5-6,13,16-17H,3-4,7-12,14-15H2,1-2H3,(H2,24,25,27). The number of piperidine rings is 1. The number of anilines is 1. The van der Waals surface area contributed by atoms with Crippen LogP contribution >= 0.6 is 11.3 Å². The van der Waals surface area contributed by atoms with Crippen molar-refractivity contribution in [1.82, 2.24) is 15.2 Å². The molecular weight excluding hydrogens is 410 g/mol. The van der Waals surface area contributed by atoms with E-state index in [-0.39, 0.29) is 0 Å². The van der Waals surface area contributed by atoms with Crippen LogP contribution in [-0.4, -0.2) is 55.7 Å². The van der Waals surface area contributed by atoms with Crippen LogP contribution < -0.4 is 20.1 Å². The Kier molecular flexibility index (Phi) is 7.64. The molecule has 2 aromatic rings. The fourth-order valence-corrected chi connectivity index (χ4v) is 4.70. The van der Waals surface area contributed by atoms with Crippen LogP contribution in [0.4, 0.5) is 5.69 Å². The molecule has 8 heteroatoms. The summed E-state index contributed by atoms with van der Waals surface area (Å²) in [6.07, 6.45) is 4.32. The SMILES string of the molecule is CCc1nc(CN2CCC(CNC(=NC)Nc3ccc4c(c3)OCCCO4)CC2)cs1. The molecule has 2 aliphatic rings. The van der Waals surface area contributed by atoms with E-state index in [1.54, 1.807) is 18.4 Å². The number of fused-ring (bicyclic) bond motifs is 1. The summed E-state index contributed by atoms with van der Waals surface area (Å²) in [6.45, 7) is 7.70. The summed E-state index contributed by atoms with van der Waals surface area (Å²) < 4.78 is 11.5. The molecule has 0 atom stereocenters. The van der Waals surface area contributed by atoms with Gasteiger partial charge in [-0.25, -0.2) is 4.98 Å². The summed E-state index contributed by atoms with van der Waals surface area (Å²) in [5, 5.41) is 10.3. The zero-order chi connectivity index (χ0) is 21.5. The first-order chi connectivity index (χ1) is 15.2. The van der Waals surface area contributed by atoms with E-state index in [9.17, 15) is 0 Å². The number of benzene rings is 1. The molecule has 0 spiro atoms. The van der Waals surface area contributed by atoms with Crippen LogP contribution in [0.1, 0.15) is 36.9 Å². The van der Waals surface area contributed by atoms with Crippen LogP contribution in [0.2, 0.25) is 0 Å². The van der Waals surface area contributed by atoms with Gasteiger partial charge >= 0.3 is 0 Å². The molecule has 0 saturated carbocycles. The quantitative estimate of drug-likeness (QED) is 0.523. The summed E-state index contributed by atoms with van der Waals surface area (Å²) in [6, 6.07) is 5.94. The monoisotopic (exact) mass is 443 g/mol. The van der Waals surface area contributed by atoms with Gasteiger partial charge in [0.05, 0.1) is 23.9 Å². The van der Waals surface area contributed by atoms with E-state index >= 15 is 0 Å². The highest BCUT2D eigenvalue weighted by atomic mass is 32.1. The number of nitrogens with one attached hydrogen (secondary N) is 2. The predicted molar refractivity (Wildman–Crippen MR) is 127 cm³/mol.